The lowest BCUT2D eigenvalue weighted by atomic mass is 9.96. The second-order valence-electron chi connectivity index (χ2n) is 8.60. The molecule has 1 amide bonds. The molecule has 3 rings (SSSR count). The predicted octanol–water partition coefficient (Wildman–Crippen LogP) is 2.70. The highest BCUT2D eigenvalue weighted by atomic mass is 16.5. The third-order valence-corrected chi connectivity index (χ3v) is 6.52. The van der Waals surface area contributed by atoms with E-state index in [0.29, 0.717) is 37.7 Å². The average Bonchev–Trinajstić information content (AvgIpc) is 3.21. The van der Waals surface area contributed by atoms with Gasteiger partial charge in [0.15, 0.2) is 5.43 Å². The van der Waals surface area contributed by atoms with Crippen molar-refractivity contribution in [2.45, 2.75) is 58.9 Å². The van der Waals surface area contributed by atoms with Gasteiger partial charge in [0.1, 0.15) is 5.56 Å². The van der Waals surface area contributed by atoms with Crippen LogP contribution in [0.3, 0.4) is 0 Å². The monoisotopic (exact) mass is 403 g/mol. The van der Waals surface area contributed by atoms with Crippen LogP contribution in [-0.4, -0.2) is 66.7 Å². The van der Waals surface area contributed by atoms with Crippen LogP contribution in [0, 0.1) is 12.8 Å². The largest absolute Gasteiger partial charge is 0.383 e. The van der Waals surface area contributed by atoms with Crippen LogP contribution in [-0.2, 0) is 17.7 Å². The molecule has 1 aliphatic heterocycles. The van der Waals surface area contributed by atoms with Gasteiger partial charge in [0.25, 0.3) is 5.91 Å². The molecular formula is C23H37N3O3. The summed E-state index contributed by atoms with van der Waals surface area (Å²) < 4.78 is 7.46. The first kappa shape index (κ1) is 22.0. The van der Waals surface area contributed by atoms with E-state index in [2.05, 4.69) is 16.4 Å². The van der Waals surface area contributed by atoms with Crippen molar-refractivity contribution in [2.24, 2.45) is 5.92 Å². The minimum atomic E-state index is -0.120. The fraction of sp³-hybridized carbons (Fsp3) is 0.739. The second kappa shape index (κ2) is 10.4. The topological polar surface area (TPSA) is 54.8 Å². The molecule has 1 saturated carbocycles. The van der Waals surface area contributed by atoms with Gasteiger partial charge in [-0.3, -0.25) is 14.5 Å². The van der Waals surface area contributed by atoms with Gasteiger partial charge in [-0.05, 0) is 32.2 Å². The molecule has 2 aliphatic rings. The number of carbonyl (C=O) groups excluding carboxylic acids is 1. The zero-order valence-corrected chi connectivity index (χ0v) is 18.4. The number of methoxy groups -OCH3 is 1. The third-order valence-electron chi connectivity index (χ3n) is 6.52. The Hall–Kier alpha value is -1.66. The maximum atomic E-state index is 13.5. The number of pyridine rings is 1. The number of aryl methyl sites for hydroxylation is 1. The zero-order chi connectivity index (χ0) is 20.8. The van der Waals surface area contributed by atoms with E-state index in [1.165, 1.54) is 25.7 Å². The van der Waals surface area contributed by atoms with Crippen LogP contribution in [0.25, 0.3) is 0 Å². The normalized spacial score (nSPS) is 18.5. The number of hydrogen-bond donors (Lipinski definition) is 0. The Bertz CT molecular complexity index is 744. The molecule has 6 nitrogen and oxygen atoms in total. The van der Waals surface area contributed by atoms with Gasteiger partial charge in [-0.1, -0.05) is 32.6 Å². The average molecular weight is 404 g/mol. The van der Waals surface area contributed by atoms with E-state index in [-0.39, 0.29) is 11.3 Å². The summed E-state index contributed by atoms with van der Waals surface area (Å²) in [6, 6.07) is 1.63. The Kier molecular flexibility index (Phi) is 7.90. The van der Waals surface area contributed by atoms with E-state index in [4.69, 9.17) is 4.74 Å². The van der Waals surface area contributed by atoms with Crippen LogP contribution >= 0.6 is 0 Å². The van der Waals surface area contributed by atoms with Crippen molar-refractivity contribution >= 4 is 5.91 Å². The number of hydrogen-bond acceptors (Lipinski definition) is 4. The quantitative estimate of drug-likeness (QED) is 0.670. The summed E-state index contributed by atoms with van der Waals surface area (Å²) in [5, 5.41) is 0. The van der Waals surface area contributed by atoms with Crippen molar-refractivity contribution in [3.63, 3.8) is 0 Å². The Balaban J connectivity index is 1.91. The van der Waals surface area contributed by atoms with Crippen molar-refractivity contribution in [3.8, 4) is 0 Å². The highest BCUT2D eigenvalue weighted by molar-refractivity contribution is 5.95. The van der Waals surface area contributed by atoms with Gasteiger partial charge in [-0.25, -0.2) is 0 Å². The summed E-state index contributed by atoms with van der Waals surface area (Å²) >= 11 is 0. The molecule has 1 aliphatic carbocycles. The maximum absolute atomic E-state index is 13.5. The smallest absolute Gasteiger partial charge is 0.259 e. The fourth-order valence-electron chi connectivity index (χ4n) is 4.90. The molecule has 0 unspecified atom stereocenters. The number of aromatic nitrogens is 1. The van der Waals surface area contributed by atoms with Crippen LogP contribution in [0.1, 0.15) is 60.8 Å². The summed E-state index contributed by atoms with van der Waals surface area (Å²) in [7, 11) is 1.69. The van der Waals surface area contributed by atoms with Gasteiger partial charge in [0, 0.05) is 57.3 Å². The van der Waals surface area contributed by atoms with Gasteiger partial charge in [-0.15, -0.1) is 0 Å². The molecule has 29 heavy (non-hydrogen) atoms. The molecule has 0 spiro atoms. The Morgan fingerprint density at radius 3 is 2.45 bits per heavy atom. The Labute approximate surface area is 174 Å². The van der Waals surface area contributed by atoms with Crippen molar-refractivity contribution in [3.05, 3.63) is 33.2 Å². The molecule has 1 aromatic heterocycles. The number of ether oxygens (including phenoxy) is 1. The van der Waals surface area contributed by atoms with Gasteiger partial charge < -0.3 is 14.2 Å². The lowest BCUT2D eigenvalue weighted by Crippen LogP contribution is -2.50. The predicted molar refractivity (Wildman–Crippen MR) is 116 cm³/mol. The number of piperazine rings is 1. The molecule has 162 valence electrons. The summed E-state index contributed by atoms with van der Waals surface area (Å²) in [5.41, 5.74) is 2.14. The number of nitrogens with zero attached hydrogens (tertiary/aromatic N) is 3. The zero-order valence-electron chi connectivity index (χ0n) is 18.4. The first-order chi connectivity index (χ1) is 14.0. The van der Waals surface area contributed by atoms with Crippen molar-refractivity contribution in [1.29, 1.82) is 0 Å². The van der Waals surface area contributed by atoms with Crippen LogP contribution in [0.15, 0.2) is 10.9 Å². The van der Waals surface area contributed by atoms with E-state index in [1.807, 2.05) is 11.8 Å². The molecule has 0 radical (unpaired) electrons. The molecule has 0 atom stereocenters. The van der Waals surface area contributed by atoms with Crippen LogP contribution in [0.2, 0.25) is 0 Å². The molecule has 1 aromatic rings. The van der Waals surface area contributed by atoms with Crippen molar-refractivity contribution in [1.82, 2.24) is 14.4 Å². The maximum Gasteiger partial charge on any atom is 0.259 e. The van der Waals surface area contributed by atoms with Crippen molar-refractivity contribution in [2.75, 3.05) is 46.4 Å². The third kappa shape index (κ3) is 5.28. The van der Waals surface area contributed by atoms with E-state index in [9.17, 15) is 9.59 Å². The number of carbonyl (C=O) groups is 1. The second-order valence-corrected chi connectivity index (χ2v) is 8.60. The van der Waals surface area contributed by atoms with Gasteiger partial charge >= 0.3 is 0 Å². The number of amides is 1. The lowest BCUT2D eigenvalue weighted by molar-refractivity contribution is 0.0633. The standard InChI is InChI=1S/C23H37N3O3/c1-4-9-24-10-12-25(13-11-24)23(28)22-20(17-19-7-5-6-8-19)26(14-15-29-3)18(2)16-21(22)27/h16,19H,4-15,17H2,1-3H3. The van der Waals surface area contributed by atoms with E-state index in [0.717, 1.165) is 43.9 Å². The molecule has 2 fully saturated rings. The van der Waals surface area contributed by atoms with Crippen LogP contribution < -0.4 is 5.43 Å². The Morgan fingerprint density at radius 2 is 1.83 bits per heavy atom. The lowest BCUT2D eigenvalue weighted by Gasteiger charge is -2.35. The van der Waals surface area contributed by atoms with Crippen LogP contribution in [0.4, 0.5) is 0 Å². The Morgan fingerprint density at radius 1 is 1.14 bits per heavy atom. The molecular weight excluding hydrogens is 366 g/mol. The van der Waals surface area contributed by atoms with Gasteiger partial charge in [-0.2, -0.15) is 0 Å². The summed E-state index contributed by atoms with van der Waals surface area (Å²) in [6.07, 6.45) is 6.83. The van der Waals surface area contributed by atoms with Gasteiger partial charge in [0.05, 0.1) is 6.61 Å². The minimum absolute atomic E-state index is 0.0784. The molecule has 1 saturated heterocycles. The van der Waals surface area contributed by atoms with Crippen molar-refractivity contribution < 1.29 is 9.53 Å². The first-order valence-corrected chi connectivity index (χ1v) is 11.3. The summed E-state index contributed by atoms with van der Waals surface area (Å²) in [6.45, 7) is 9.65. The van der Waals surface area contributed by atoms with E-state index >= 15 is 0 Å². The van der Waals surface area contributed by atoms with E-state index in [1.54, 1.807) is 13.2 Å². The summed E-state index contributed by atoms with van der Waals surface area (Å²) in [5.74, 6) is 0.489. The molecule has 2 heterocycles. The molecule has 0 N–H and O–H groups in total. The molecule has 0 aromatic carbocycles. The highest BCUT2D eigenvalue weighted by Gasteiger charge is 2.29. The molecule has 0 bridgehead atoms. The van der Waals surface area contributed by atoms with Crippen LogP contribution in [0.5, 0.6) is 0 Å². The van der Waals surface area contributed by atoms with Gasteiger partial charge in [0.2, 0.25) is 0 Å². The molecule has 6 heteroatoms. The SMILES string of the molecule is CCCN1CCN(C(=O)c2c(CC3CCCC3)n(CCOC)c(C)cc2=O)CC1. The number of rotatable bonds is 8. The summed E-state index contributed by atoms with van der Waals surface area (Å²) in [4.78, 5) is 30.8. The first-order valence-electron chi connectivity index (χ1n) is 11.3. The minimum Gasteiger partial charge on any atom is -0.383 e. The van der Waals surface area contributed by atoms with E-state index < -0.39 is 0 Å². The highest BCUT2D eigenvalue weighted by Crippen LogP contribution is 2.29. The fourth-order valence-corrected chi connectivity index (χ4v) is 4.90.